The van der Waals surface area contributed by atoms with Crippen LogP contribution < -0.4 is 4.74 Å². The van der Waals surface area contributed by atoms with E-state index in [2.05, 4.69) is 20.2 Å². The van der Waals surface area contributed by atoms with Gasteiger partial charge < -0.3 is 14.4 Å². The number of ether oxygens (including phenoxy) is 2. The van der Waals surface area contributed by atoms with Gasteiger partial charge in [-0.1, -0.05) is 0 Å². The molecule has 0 saturated carbocycles. The van der Waals surface area contributed by atoms with Crippen molar-refractivity contribution in [2.24, 2.45) is 0 Å². The standard InChI is InChI=1S/C19H23N5O3/c1-12-8-20-9-16(21-12)27-13-5-6-26-19(7-13)10-24(11-19)18(25)17-14-3-2-4-15(14)22-23-17/h8-9,13H,2-7,10-11H2,1H3,(H,22,23)/t13-/m0/s1. The molecule has 5 rings (SSSR count). The summed E-state index contributed by atoms with van der Waals surface area (Å²) in [5, 5.41) is 7.27. The molecule has 0 bridgehead atoms. The molecule has 0 unspecified atom stereocenters. The van der Waals surface area contributed by atoms with Gasteiger partial charge in [0.1, 0.15) is 11.7 Å². The Hall–Kier alpha value is -2.48. The van der Waals surface area contributed by atoms with E-state index in [-0.39, 0.29) is 17.6 Å². The molecule has 8 nitrogen and oxygen atoms in total. The van der Waals surface area contributed by atoms with Gasteiger partial charge in [0.25, 0.3) is 5.91 Å². The molecule has 2 saturated heterocycles. The molecular formula is C19H23N5O3. The SMILES string of the molecule is Cc1cncc(O[C@H]2CCOC3(C2)CN(C(=O)c2n[nH]c4c2CCC4)C3)n1. The fraction of sp³-hybridized carbons (Fsp3) is 0.579. The van der Waals surface area contributed by atoms with Gasteiger partial charge in [0.2, 0.25) is 5.88 Å². The van der Waals surface area contributed by atoms with E-state index in [4.69, 9.17) is 9.47 Å². The maximum atomic E-state index is 12.8. The van der Waals surface area contributed by atoms with Crippen LogP contribution in [-0.2, 0) is 17.6 Å². The molecule has 4 heterocycles. The van der Waals surface area contributed by atoms with Gasteiger partial charge in [-0.2, -0.15) is 5.10 Å². The molecule has 1 atom stereocenters. The summed E-state index contributed by atoms with van der Waals surface area (Å²) in [7, 11) is 0. The quantitative estimate of drug-likeness (QED) is 0.880. The van der Waals surface area contributed by atoms with Crippen molar-refractivity contribution in [1.82, 2.24) is 25.1 Å². The molecule has 1 spiro atoms. The van der Waals surface area contributed by atoms with Crippen LogP contribution in [0.15, 0.2) is 12.4 Å². The van der Waals surface area contributed by atoms with E-state index < -0.39 is 0 Å². The van der Waals surface area contributed by atoms with Gasteiger partial charge in [-0.25, -0.2) is 4.98 Å². The Morgan fingerprint density at radius 3 is 3.11 bits per heavy atom. The Morgan fingerprint density at radius 2 is 2.26 bits per heavy atom. The molecule has 2 aromatic heterocycles. The summed E-state index contributed by atoms with van der Waals surface area (Å²) < 4.78 is 12.1. The van der Waals surface area contributed by atoms with E-state index in [1.807, 2.05) is 11.8 Å². The van der Waals surface area contributed by atoms with Gasteiger partial charge in [-0.3, -0.25) is 14.9 Å². The molecular weight excluding hydrogens is 346 g/mol. The molecule has 2 aliphatic heterocycles. The van der Waals surface area contributed by atoms with Crippen LogP contribution in [-0.4, -0.2) is 62.4 Å². The van der Waals surface area contributed by atoms with Crippen LogP contribution in [0.4, 0.5) is 0 Å². The average Bonchev–Trinajstić information content (AvgIpc) is 3.23. The van der Waals surface area contributed by atoms with Gasteiger partial charge in [-0.15, -0.1) is 0 Å². The van der Waals surface area contributed by atoms with Crippen molar-refractivity contribution in [3.8, 4) is 5.88 Å². The lowest BCUT2D eigenvalue weighted by atomic mass is 9.84. The monoisotopic (exact) mass is 369 g/mol. The van der Waals surface area contributed by atoms with Crippen LogP contribution in [0.5, 0.6) is 5.88 Å². The minimum atomic E-state index is -0.310. The summed E-state index contributed by atoms with van der Waals surface area (Å²) in [4.78, 5) is 23.2. The van der Waals surface area contributed by atoms with E-state index in [0.29, 0.717) is 31.3 Å². The highest BCUT2D eigenvalue weighted by atomic mass is 16.5. The fourth-order valence-corrected chi connectivity index (χ4v) is 4.41. The number of aryl methyl sites for hydroxylation is 2. The van der Waals surface area contributed by atoms with Crippen molar-refractivity contribution in [3.05, 3.63) is 35.0 Å². The van der Waals surface area contributed by atoms with Crippen LogP contribution in [0.3, 0.4) is 0 Å². The lowest BCUT2D eigenvalue weighted by molar-refractivity contribution is -0.174. The third-order valence-electron chi connectivity index (χ3n) is 5.72. The number of likely N-dealkylation sites (tertiary alicyclic amines) is 1. The van der Waals surface area contributed by atoms with Crippen LogP contribution in [0.2, 0.25) is 0 Å². The largest absolute Gasteiger partial charge is 0.473 e. The predicted octanol–water partition coefficient (Wildman–Crippen LogP) is 1.45. The first kappa shape index (κ1) is 16.7. The number of aromatic amines is 1. The molecule has 2 aromatic rings. The Kier molecular flexibility index (Phi) is 3.89. The second-order valence-corrected chi connectivity index (χ2v) is 7.81. The number of carbonyl (C=O) groups excluding carboxylic acids is 1. The Bertz CT molecular complexity index is 874. The summed E-state index contributed by atoms with van der Waals surface area (Å²) in [5.74, 6) is 0.563. The molecule has 2 fully saturated rings. The van der Waals surface area contributed by atoms with Crippen LogP contribution in [0.25, 0.3) is 0 Å². The number of nitrogens with zero attached hydrogens (tertiary/aromatic N) is 4. The molecule has 0 radical (unpaired) electrons. The number of H-pyrrole nitrogens is 1. The number of fused-ring (bicyclic) bond motifs is 1. The normalized spacial score (nSPS) is 23.1. The number of rotatable bonds is 3. The summed E-state index contributed by atoms with van der Waals surface area (Å²) in [6.07, 6.45) is 7.98. The number of aromatic nitrogens is 4. The zero-order valence-electron chi connectivity index (χ0n) is 15.4. The molecule has 0 aromatic carbocycles. The highest BCUT2D eigenvalue weighted by Gasteiger charge is 2.50. The van der Waals surface area contributed by atoms with Crippen molar-refractivity contribution in [2.45, 2.75) is 50.7 Å². The average molecular weight is 369 g/mol. The topological polar surface area (TPSA) is 93.2 Å². The van der Waals surface area contributed by atoms with Crippen LogP contribution in [0.1, 0.15) is 46.7 Å². The van der Waals surface area contributed by atoms with Gasteiger partial charge in [0.05, 0.1) is 31.6 Å². The first-order chi connectivity index (χ1) is 13.1. The van der Waals surface area contributed by atoms with Crippen molar-refractivity contribution < 1.29 is 14.3 Å². The summed E-state index contributed by atoms with van der Waals surface area (Å²) >= 11 is 0. The zero-order valence-corrected chi connectivity index (χ0v) is 15.4. The van der Waals surface area contributed by atoms with E-state index in [1.165, 1.54) is 0 Å². The second-order valence-electron chi connectivity index (χ2n) is 7.81. The maximum Gasteiger partial charge on any atom is 0.274 e. The van der Waals surface area contributed by atoms with Crippen molar-refractivity contribution >= 4 is 5.91 Å². The molecule has 142 valence electrons. The van der Waals surface area contributed by atoms with Gasteiger partial charge >= 0.3 is 0 Å². The van der Waals surface area contributed by atoms with E-state index in [1.54, 1.807) is 12.4 Å². The number of carbonyl (C=O) groups is 1. The van der Waals surface area contributed by atoms with Gasteiger partial charge in [-0.05, 0) is 26.2 Å². The molecule has 3 aliphatic rings. The first-order valence-corrected chi connectivity index (χ1v) is 9.57. The Balaban J connectivity index is 1.22. The predicted molar refractivity (Wildman–Crippen MR) is 95.6 cm³/mol. The highest BCUT2D eigenvalue weighted by molar-refractivity contribution is 5.95. The molecule has 27 heavy (non-hydrogen) atoms. The van der Waals surface area contributed by atoms with E-state index in [9.17, 15) is 4.79 Å². The third-order valence-corrected chi connectivity index (χ3v) is 5.72. The third kappa shape index (κ3) is 2.97. The smallest absolute Gasteiger partial charge is 0.274 e. The van der Waals surface area contributed by atoms with E-state index >= 15 is 0 Å². The maximum absolute atomic E-state index is 12.8. The van der Waals surface area contributed by atoms with E-state index in [0.717, 1.165) is 49.1 Å². The van der Waals surface area contributed by atoms with Gasteiger partial charge in [0.15, 0.2) is 5.69 Å². The summed E-state index contributed by atoms with van der Waals surface area (Å²) in [6.45, 7) is 3.70. The molecule has 1 aliphatic carbocycles. The first-order valence-electron chi connectivity index (χ1n) is 9.57. The molecule has 1 N–H and O–H groups in total. The highest BCUT2D eigenvalue weighted by Crippen LogP contribution is 2.37. The van der Waals surface area contributed by atoms with Crippen molar-refractivity contribution in [2.75, 3.05) is 19.7 Å². The lowest BCUT2D eigenvalue weighted by Crippen LogP contribution is -2.67. The Morgan fingerprint density at radius 1 is 1.37 bits per heavy atom. The zero-order chi connectivity index (χ0) is 18.4. The number of hydrogen-bond acceptors (Lipinski definition) is 6. The minimum Gasteiger partial charge on any atom is -0.473 e. The lowest BCUT2D eigenvalue weighted by Gasteiger charge is -2.52. The molecule has 1 amide bonds. The fourth-order valence-electron chi connectivity index (χ4n) is 4.41. The number of amides is 1. The van der Waals surface area contributed by atoms with Crippen LogP contribution >= 0.6 is 0 Å². The van der Waals surface area contributed by atoms with Crippen LogP contribution in [0, 0.1) is 6.92 Å². The number of hydrogen-bond donors (Lipinski definition) is 1. The van der Waals surface area contributed by atoms with Crippen molar-refractivity contribution in [1.29, 1.82) is 0 Å². The summed E-state index contributed by atoms with van der Waals surface area (Å²) in [6, 6.07) is 0. The van der Waals surface area contributed by atoms with Crippen molar-refractivity contribution in [3.63, 3.8) is 0 Å². The second kappa shape index (κ2) is 6.30. The van der Waals surface area contributed by atoms with Gasteiger partial charge in [0, 0.05) is 30.3 Å². The molecule has 8 heteroatoms. The summed E-state index contributed by atoms with van der Waals surface area (Å²) in [5.41, 5.74) is 3.34. The number of nitrogens with one attached hydrogen (secondary N) is 1. The minimum absolute atomic E-state index is 0.0104. The Labute approximate surface area is 157 Å².